The average molecular weight is 454 g/mol. The van der Waals surface area contributed by atoms with Gasteiger partial charge in [-0.2, -0.15) is 14.0 Å². The Kier molecular flexibility index (Phi) is 14.2. The van der Waals surface area contributed by atoms with E-state index < -0.39 is 6.61 Å². The van der Waals surface area contributed by atoms with Gasteiger partial charge in [0.05, 0.1) is 0 Å². The van der Waals surface area contributed by atoms with Gasteiger partial charge < -0.3 is 19.8 Å². The Labute approximate surface area is 188 Å². The molecule has 0 spiro atoms. The number of nitrogens with two attached hydrogens (primary N) is 1. The van der Waals surface area contributed by atoms with Crippen LogP contribution in [-0.4, -0.2) is 35.4 Å². The lowest BCUT2D eigenvalue weighted by atomic mass is 10.3. The highest BCUT2D eigenvalue weighted by molar-refractivity contribution is 5.30. The lowest BCUT2D eigenvalue weighted by Crippen LogP contribution is -2.24. The zero-order valence-electron chi connectivity index (χ0n) is 19.6. The fourth-order valence-corrected chi connectivity index (χ4v) is 2.31. The number of anilines is 1. The molecule has 2 aromatic heterocycles. The molecule has 0 aromatic carbocycles. The van der Waals surface area contributed by atoms with E-state index in [4.69, 9.17) is 11.0 Å². The highest BCUT2D eigenvalue weighted by atomic mass is 19.3. The molecule has 0 radical (unpaired) electrons. The first-order chi connectivity index (χ1) is 15.2. The van der Waals surface area contributed by atoms with E-state index >= 15 is 0 Å². The Morgan fingerprint density at radius 2 is 1.84 bits per heavy atom. The number of hydrogen-bond donors (Lipinski definition) is 1. The predicted molar refractivity (Wildman–Crippen MR) is 120 cm³/mol. The minimum atomic E-state index is -2.81. The summed E-state index contributed by atoms with van der Waals surface area (Å²) in [5.41, 5.74) is 6.60. The molecule has 178 valence electrons. The number of halogens is 2. The lowest BCUT2D eigenvalue weighted by molar-refractivity contribution is -0.0533. The SMILES string of the molecule is CC.COC.Cc1ccc(C)c(OC(F)F)n1.N#Cc1cn(CCC2CC2)c(=O)c(N)n1. The molecule has 1 aliphatic rings. The first kappa shape index (κ1) is 28.9. The number of aromatic nitrogens is 3. The van der Waals surface area contributed by atoms with Crippen molar-refractivity contribution in [3.63, 3.8) is 0 Å². The van der Waals surface area contributed by atoms with E-state index in [-0.39, 0.29) is 23.0 Å². The molecule has 1 fully saturated rings. The predicted octanol–water partition coefficient (Wildman–Crippen LogP) is 4.09. The maximum atomic E-state index is 11.8. The molecule has 0 unspecified atom stereocenters. The Morgan fingerprint density at radius 3 is 2.34 bits per heavy atom. The number of alkyl halides is 2. The van der Waals surface area contributed by atoms with Crippen molar-refractivity contribution in [2.45, 2.75) is 60.1 Å². The monoisotopic (exact) mass is 453 g/mol. The summed E-state index contributed by atoms with van der Waals surface area (Å²) in [6, 6.07) is 5.33. The molecule has 0 saturated heterocycles. The molecule has 0 aliphatic heterocycles. The van der Waals surface area contributed by atoms with E-state index in [2.05, 4.69) is 19.4 Å². The van der Waals surface area contributed by atoms with E-state index in [1.165, 1.54) is 23.6 Å². The van der Waals surface area contributed by atoms with Crippen LogP contribution in [0.1, 0.15) is 50.1 Å². The van der Waals surface area contributed by atoms with E-state index in [0.717, 1.165) is 12.3 Å². The molecule has 2 aromatic rings. The minimum Gasteiger partial charge on any atom is -0.417 e. The molecule has 2 N–H and O–H groups in total. The molecule has 1 saturated carbocycles. The van der Waals surface area contributed by atoms with Gasteiger partial charge in [0.1, 0.15) is 6.07 Å². The Bertz CT molecular complexity index is 909. The van der Waals surface area contributed by atoms with Crippen molar-refractivity contribution in [3.8, 4) is 11.9 Å². The van der Waals surface area contributed by atoms with Crippen molar-refractivity contribution >= 4 is 5.82 Å². The van der Waals surface area contributed by atoms with Crippen molar-refractivity contribution in [1.82, 2.24) is 14.5 Å². The number of nitrogens with zero attached hydrogens (tertiary/aromatic N) is 4. The summed E-state index contributed by atoms with van der Waals surface area (Å²) in [6.45, 7) is 5.21. The van der Waals surface area contributed by atoms with Gasteiger partial charge >= 0.3 is 6.61 Å². The molecule has 8 nitrogen and oxygen atoms in total. The van der Waals surface area contributed by atoms with Gasteiger partial charge in [-0.1, -0.05) is 32.8 Å². The number of hydrogen-bond acceptors (Lipinski definition) is 7. The van der Waals surface area contributed by atoms with E-state index in [0.29, 0.717) is 17.8 Å². The number of pyridine rings is 1. The van der Waals surface area contributed by atoms with Crippen molar-refractivity contribution in [3.05, 3.63) is 45.6 Å². The zero-order chi connectivity index (χ0) is 24.7. The second kappa shape index (κ2) is 15.7. The number of rotatable bonds is 5. The summed E-state index contributed by atoms with van der Waals surface area (Å²) < 4.78 is 33.5. The first-order valence-electron chi connectivity index (χ1n) is 10.3. The van der Waals surface area contributed by atoms with Gasteiger partial charge in [-0.05, 0) is 32.3 Å². The molecular weight excluding hydrogens is 420 g/mol. The normalized spacial score (nSPS) is 11.6. The van der Waals surface area contributed by atoms with Gasteiger partial charge in [-0.15, -0.1) is 0 Å². The summed E-state index contributed by atoms with van der Waals surface area (Å²) in [4.78, 5) is 19.0. The number of ether oxygens (including phenoxy) is 2. The fourth-order valence-electron chi connectivity index (χ4n) is 2.31. The quantitative estimate of drug-likeness (QED) is 0.725. The second-order valence-electron chi connectivity index (χ2n) is 6.72. The summed E-state index contributed by atoms with van der Waals surface area (Å²) >= 11 is 0. The van der Waals surface area contributed by atoms with Crippen LogP contribution in [0.2, 0.25) is 0 Å². The third kappa shape index (κ3) is 11.4. The van der Waals surface area contributed by atoms with Crippen LogP contribution in [-0.2, 0) is 11.3 Å². The van der Waals surface area contributed by atoms with Crippen LogP contribution in [0.15, 0.2) is 23.1 Å². The summed E-state index contributed by atoms with van der Waals surface area (Å²) in [5.74, 6) is 0.659. The maximum absolute atomic E-state index is 11.8. The van der Waals surface area contributed by atoms with E-state index in [1.807, 2.05) is 19.9 Å². The van der Waals surface area contributed by atoms with Gasteiger partial charge in [0.2, 0.25) is 5.88 Å². The van der Waals surface area contributed by atoms with Crippen molar-refractivity contribution in [2.75, 3.05) is 20.0 Å². The van der Waals surface area contributed by atoms with Crippen LogP contribution in [0.25, 0.3) is 0 Å². The third-order valence-electron chi connectivity index (χ3n) is 3.98. The summed E-state index contributed by atoms with van der Waals surface area (Å²) in [7, 11) is 3.25. The highest BCUT2D eigenvalue weighted by Gasteiger charge is 2.21. The van der Waals surface area contributed by atoms with Crippen molar-refractivity contribution < 1.29 is 18.3 Å². The average Bonchev–Trinajstić information content (AvgIpc) is 3.58. The van der Waals surface area contributed by atoms with E-state index in [9.17, 15) is 13.6 Å². The molecule has 32 heavy (non-hydrogen) atoms. The summed E-state index contributed by atoms with van der Waals surface area (Å²) in [6.07, 6.45) is 4.95. The number of methoxy groups -OCH3 is 1. The maximum Gasteiger partial charge on any atom is 0.388 e. The standard InChI is InChI=1S/C10H12N4O.C8H9F2NO.C2H6O.C2H6/c11-5-8-6-14(4-3-7-1-2-7)10(15)9(12)13-8;1-5-3-4-6(2)11-7(5)12-8(9)10;1-3-2;1-2/h6-7H,1-4H2,(H2,12,13);3-4,8H,1-2H3;1-2H3;1-2H3. The van der Waals surface area contributed by atoms with Gasteiger partial charge in [0.25, 0.3) is 5.56 Å². The largest absolute Gasteiger partial charge is 0.417 e. The molecule has 10 heteroatoms. The topological polar surface area (TPSA) is 116 Å². The summed E-state index contributed by atoms with van der Waals surface area (Å²) in [5, 5.41) is 8.68. The van der Waals surface area contributed by atoms with Crippen LogP contribution < -0.4 is 16.0 Å². The minimum absolute atomic E-state index is 0.00463. The smallest absolute Gasteiger partial charge is 0.388 e. The van der Waals surface area contributed by atoms with Gasteiger partial charge in [0, 0.05) is 38.2 Å². The van der Waals surface area contributed by atoms with Crippen molar-refractivity contribution in [1.29, 1.82) is 5.26 Å². The molecule has 3 rings (SSSR count). The van der Waals surface area contributed by atoms with Gasteiger partial charge in [-0.3, -0.25) is 4.79 Å². The van der Waals surface area contributed by atoms with E-state index in [1.54, 1.807) is 40.2 Å². The molecule has 2 heterocycles. The Morgan fingerprint density at radius 1 is 1.25 bits per heavy atom. The molecule has 1 aliphatic carbocycles. The highest BCUT2D eigenvalue weighted by Crippen LogP contribution is 2.32. The molecular formula is C22H33F2N5O3. The first-order valence-corrected chi connectivity index (χ1v) is 10.3. The molecule has 0 bridgehead atoms. The Hall–Kier alpha value is -3.06. The van der Waals surface area contributed by atoms with Gasteiger partial charge in [0.15, 0.2) is 11.5 Å². The van der Waals surface area contributed by atoms with Crippen molar-refractivity contribution in [2.24, 2.45) is 5.92 Å². The number of aryl methyl sites for hydroxylation is 3. The second-order valence-corrected chi connectivity index (χ2v) is 6.72. The fraction of sp³-hybridized carbons (Fsp3) is 0.545. The third-order valence-corrected chi connectivity index (χ3v) is 3.98. The van der Waals surface area contributed by atoms with Crippen LogP contribution in [0.5, 0.6) is 5.88 Å². The van der Waals surface area contributed by atoms with Gasteiger partial charge in [-0.25, -0.2) is 9.97 Å². The molecule has 0 atom stereocenters. The number of nitrogen functional groups attached to an aromatic ring is 1. The molecule has 0 amide bonds. The van der Waals surface area contributed by atoms with Crippen LogP contribution in [0, 0.1) is 31.1 Å². The van der Waals surface area contributed by atoms with Crippen LogP contribution in [0.4, 0.5) is 14.6 Å². The lowest BCUT2D eigenvalue weighted by Gasteiger charge is -2.06. The Balaban J connectivity index is 0.000000509. The zero-order valence-corrected chi connectivity index (χ0v) is 19.6. The number of nitriles is 1. The van der Waals surface area contributed by atoms with Crippen LogP contribution in [0.3, 0.4) is 0 Å². The van der Waals surface area contributed by atoms with Crippen LogP contribution >= 0.6 is 0 Å².